The van der Waals surface area contributed by atoms with Crippen LogP contribution in [-0.2, 0) is 34.0 Å². The average Bonchev–Trinajstić information content (AvgIpc) is 3.49. The van der Waals surface area contributed by atoms with Crippen LogP contribution in [0, 0.1) is 6.92 Å². The summed E-state index contributed by atoms with van der Waals surface area (Å²) in [7, 11) is -3.80. The number of alkyl halides is 3. The second-order valence-electron chi connectivity index (χ2n) is 9.06. The van der Waals surface area contributed by atoms with Crippen molar-refractivity contribution >= 4 is 15.9 Å². The first-order chi connectivity index (χ1) is 17.9. The lowest BCUT2D eigenvalue weighted by Gasteiger charge is -2.25. The van der Waals surface area contributed by atoms with E-state index in [-0.39, 0.29) is 42.8 Å². The number of tetrazole rings is 1. The summed E-state index contributed by atoms with van der Waals surface area (Å²) < 4.78 is 68.5. The molecule has 2 N–H and O–H groups in total. The summed E-state index contributed by atoms with van der Waals surface area (Å²) >= 11 is 0. The van der Waals surface area contributed by atoms with Crippen LogP contribution in [0.1, 0.15) is 41.8 Å². The zero-order valence-corrected chi connectivity index (χ0v) is 21.4. The lowest BCUT2D eigenvalue weighted by Crippen LogP contribution is -2.39. The molecule has 1 aliphatic rings. The van der Waals surface area contributed by atoms with Crippen molar-refractivity contribution < 1.29 is 31.1 Å². The molecule has 1 aliphatic heterocycles. The molecule has 1 fully saturated rings. The lowest BCUT2D eigenvalue weighted by atomic mass is 9.99. The minimum absolute atomic E-state index is 0.00128. The quantitative estimate of drug-likeness (QED) is 0.432. The number of ether oxygens (including phenoxy) is 1. The van der Waals surface area contributed by atoms with Crippen molar-refractivity contribution in [1.29, 1.82) is 0 Å². The van der Waals surface area contributed by atoms with Gasteiger partial charge in [-0.05, 0) is 78.9 Å². The van der Waals surface area contributed by atoms with Gasteiger partial charge in [0.1, 0.15) is 12.4 Å². The van der Waals surface area contributed by atoms with Crippen LogP contribution in [0.4, 0.5) is 13.2 Å². The molecular weight excluding hydrogens is 525 g/mol. The van der Waals surface area contributed by atoms with Gasteiger partial charge in [0.15, 0.2) is 5.82 Å². The molecule has 1 aromatic heterocycles. The monoisotopic (exact) mass is 552 g/mol. The van der Waals surface area contributed by atoms with Crippen molar-refractivity contribution in [2.75, 3.05) is 13.2 Å². The van der Waals surface area contributed by atoms with Crippen molar-refractivity contribution in [3.63, 3.8) is 0 Å². The van der Waals surface area contributed by atoms with E-state index in [9.17, 15) is 26.4 Å². The zero-order chi connectivity index (χ0) is 27.5. The SMILES string of the molecule is Cc1nnn(Cc2cc(C(F)(F)F)ccc2CCC(=O)N2CCCC2COc2ccc(S(N)(=O)=O)cc2)n1. The van der Waals surface area contributed by atoms with E-state index in [1.807, 2.05) is 0 Å². The third-order valence-corrected chi connectivity index (χ3v) is 7.23. The Bertz CT molecular complexity index is 1390. The van der Waals surface area contributed by atoms with Crippen LogP contribution in [0.25, 0.3) is 0 Å². The lowest BCUT2D eigenvalue weighted by molar-refractivity contribution is -0.137. The van der Waals surface area contributed by atoms with E-state index in [0.717, 1.165) is 25.0 Å². The number of benzene rings is 2. The number of aromatic nitrogens is 4. The number of sulfonamides is 1. The van der Waals surface area contributed by atoms with Crippen molar-refractivity contribution in [3.05, 3.63) is 65.0 Å². The summed E-state index contributed by atoms with van der Waals surface area (Å²) in [6, 6.07) is 8.99. The molecule has 1 saturated heterocycles. The molecule has 14 heteroatoms. The fourth-order valence-corrected chi connectivity index (χ4v) is 4.89. The molecule has 0 bridgehead atoms. The second kappa shape index (κ2) is 11.1. The molecule has 4 rings (SSSR count). The van der Waals surface area contributed by atoms with Crippen molar-refractivity contribution in [2.45, 2.75) is 56.3 Å². The Kier molecular flexibility index (Phi) is 8.02. The molecular formula is C24H27F3N6O4S. The summed E-state index contributed by atoms with van der Waals surface area (Å²) in [6.07, 6.45) is -2.60. The molecule has 0 spiro atoms. The third kappa shape index (κ3) is 6.86. The zero-order valence-electron chi connectivity index (χ0n) is 20.6. The summed E-state index contributed by atoms with van der Waals surface area (Å²) in [5, 5.41) is 16.8. The van der Waals surface area contributed by atoms with Gasteiger partial charge in [-0.1, -0.05) is 6.07 Å². The predicted molar refractivity (Wildman–Crippen MR) is 129 cm³/mol. The molecule has 0 radical (unpaired) electrons. The first-order valence-corrected chi connectivity index (χ1v) is 13.4. The van der Waals surface area contributed by atoms with Gasteiger partial charge in [-0.15, -0.1) is 10.2 Å². The molecule has 10 nitrogen and oxygen atoms in total. The van der Waals surface area contributed by atoms with Crippen LogP contribution in [0.3, 0.4) is 0 Å². The molecule has 2 aromatic carbocycles. The maximum absolute atomic E-state index is 13.3. The van der Waals surface area contributed by atoms with Crippen LogP contribution in [-0.4, -0.2) is 58.6 Å². The number of nitrogens with zero attached hydrogens (tertiary/aromatic N) is 5. The summed E-state index contributed by atoms with van der Waals surface area (Å²) in [4.78, 5) is 16.0. The predicted octanol–water partition coefficient (Wildman–Crippen LogP) is 2.70. The molecule has 1 unspecified atom stereocenters. The Balaban J connectivity index is 1.40. The highest BCUT2D eigenvalue weighted by molar-refractivity contribution is 7.89. The Morgan fingerprint density at radius 3 is 2.53 bits per heavy atom. The van der Waals surface area contributed by atoms with E-state index in [1.165, 1.54) is 35.1 Å². The van der Waals surface area contributed by atoms with Crippen LogP contribution >= 0.6 is 0 Å². The van der Waals surface area contributed by atoms with Crippen molar-refractivity contribution in [1.82, 2.24) is 25.1 Å². The maximum Gasteiger partial charge on any atom is 0.416 e. The Morgan fingerprint density at radius 2 is 1.89 bits per heavy atom. The molecule has 0 saturated carbocycles. The van der Waals surface area contributed by atoms with Gasteiger partial charge >= 0.3 is 6.18 Å². The molecule has 1 atom stereocenters. The largest absolute Gasteiger partial charge is 0.491 e. The maximum atomic E-state index is 13.3. The Labute approximate surface area is 217 Å². The first kappa shape index (κ1) is 27.5. The highest BCUT2D eigenvalue weighted by atomic mass is 32.2. The van der Waals surface area contributed by atoms with Gasteiger partial charge in [0.2, 0.25) is 15.9 Å². The minimum Gasteiger partial charge on any atom is -0.491 e. The van der Waals surface area contributed by atoms with Crippen LogP contribution < -0.4 is 9.88 Å². The van der Waals surface area contributed by atoms with Gasteiger partial charge in [-0.25, -0.2) is 13.6 Å². The highest BCUT2D eigenvalue weighted by Crippen LogP contribution is 2.31. The van der Waals surface area contributed by atoms with Crippen LogP contribution in [0.2, 0.25) is 0 Å². The highest BCUT2D eigenvalue weighted by Gasteiger charge is 2.32. The number of nitrogens with two attached hydrogens (primary N) is 1. The summed E-state index contributed by atoms with van der Waals surface area (Å²) in [5.74, 6) is 0.723. The Morgan fingerprint density at radius 1 is 1.16 bits per heavy atom. The fraction of sp³-hybridized carbons (Fsp3) is 0.417. The summed E-state index contributed by atoms with van der Waals surface area (Å²) in [5.41, 5.74) is 0.186. The van der Waals surface area contributed by atoms with Crippen molar-refractivity contribution in [2.24, 2.45) is 5.14 Å². The number of likely N-dealkylation sites (tertiary alicyclic amines) is 1. The smallest absolute Gasteiger partial charge is 0.416 e. The summed E-state index contributed by atoms with van der Waals surface area (Å²) in [6.45, 7) is 2.41. The number of carbonyl (C=O) groups is 1. The van der Waals surface area contributed by atoms with E-state index < -0.39 is 21.8 Å². The minimum atomic E-state index is -4.50. The number of primary sulfonamides is 1. The molecule has 3 aromatic rings. The first-order valence-electron chi connectivity index (χ1n) is 11.9. The topological polar surface area (TPSA) is 133 Å². The van der Waals surface area contributed by atoms with Crippen LogP contribution in [0.5, 0.6) is 5.75 Å². The van der Waals surface area contributed by atoms with Gasteiger partial charge < -0.3 is 9.64 Å². The van der Waals surface area contributed by atoms with E-state index >= 15 is 0 Å². The normalized spacial score (nSPS) is 16.1. The van der Waals surface area contributed by atoms with E-state index in [1.54, 1.807) is 11.8 Å². The molecule has 2 heterocycles. The molecule has 0 aliphatic carbocycles. The molecule has 1 amide bonds. The van der Waals surface area contributed by atoms with Gasteiger partial charge in [-0.3, -0.25) is 4.79 Å². The molecule has 38 heavy (non-hydrogen) atoms. The van der Waals surface area contributed by atoms with Gasteiger partial charge in [0, 0.05) is 13.0 Å². The van der Waals surface area contributed by atoms with E-state index in [2.05, 4.69) is 15.4 Å². The van der Waals surface area contributed by atoms with Crippen molar-refractivity contribution in [3.8, 4) is 5.75 Å². The van der Waals surface area contributed by atoms with E-state index in [4.69, 9.17) is 9.88 Å². The number of hydrogen-bond donors (Lipinski definition) is 1. The Hall–Kier alpha value is -3.52. The van der Waals surface area contributed by atoms with Crippen LogP contribution in [0.15, 0.2) is 47.4 Å². The number of aryl methyl sites for hydroxylation is 2. The fourth-order valence-electron chi connectivity index (χ4n) is 4.38. The number of amides is 1. The number of rotatable bonds is 9. The number of hydrogen-bond acceptors (Lipinski definition) is 7. The second-order valence-corrected chi connectivity index (χ2v) is 10.6. The molecule has 204 valence electrons. The number of carbonyl (C=O) groups excluding carboxylic acids is 1. The third-order valence-electron chi connectivity index (χ3n) is 6.30. The van der Waals surface area contributed by atoms with E-state index in [0.29, 0.717) is 29.2 Å². The standard InChI is InChI=1S/C24H27F3N6O4S/c1-16-29-31-33(30-16)14-18-13-19(24(25,26)27)6-4-17(18)5-11-23(34)32-12-2-3-20(32)15-37-21-7-9-22(10-8-21)38(28,35)36/h4,6-10,13,20H,2-3,5,11-12,14-15H2,1H3,(H2,28,35,36). The number of halogens is 3. The van der Waals surface area contributed by atoms with Gasteiger partial charge in [-0.2, -0.15) is 18.0 Å². The van der Waals surface area contributed by atoms with Gasteiger partial charge in [0.25, 0.3) is 0 Å². The average molecular weight is 553 g/mol. The van der Waals surface area contributed by atoms with Gasteiger partial charge in [0.05, 0.1) is 23.0 Å².